The first kappa shape index (κ1) is 11.1. The Morgan fingerprint density at radius 2 is 1.85 bits per heavy atom. The van der Waals surface area contributed by atoms with Crippen LogP contribution in [0.15, 0.2) is 11.6 Å². The molecule has 1 aliphatic rings. The van der Waals surface area contributed by atoms with Gasteiger partial charge in [-0.3, -0.25) is 0 Å². The SMILES string of the molecule is CC(=CCCCl)C1CCCCCC1. The molecule has 0 heterocycles. The standard InChI is InChI=1S/C12H21Cl/c1-11(7-6-10-13)12-8-4-2-3-5-9-12/h7,12H,2-6,8-10H2,1H3. The normalized spacial score (nSPS) is 21.5. The third-order valence-electron chi connectivity index (χ3n) is 3.07. The summed E-state index contributed by atoms with van der Waals surface area (Å²) in [6, 6.07) is 0. The van der Waals surface area contributed by atoms with Crippen molar-refractivity contribution in [2.45, 2.75) is 51.9 Å². The van der Waals surface area contributed by atoms with E-state index in [-0.39, 0.29) is 0 Å². The lowest BCUT2D eigenvalue weighted by Crippen LogP contribution is -2.00. The Labute approximate surface area is 87.4 Å². The molecule has 0 radical (unpaired) electrons. The summed E-state index contributed by atoms with van der Waals surface area (Å²) >= 11 is 5.67. The minimum atomic E-state index is 0.768. The zero-order chi connectivity index (χ0) is 9.52. The number of rotatable bonds is 3. The summed E-state index contributed by atoms with van der Waals surface area (Å²) in [7, 11) is 0. The zero-order valence-electron chi connectivity index (χ0n) is 8.69. The van der Waals surface area contributed by atoms with Crippen LogP contribution in [0.4, 0.5) is 0 Å². The molecule has 1 saturated carbocycles. The Morgan fingerprint density at radius 1 is 1.23 bits per heavy atom. The van der Waals surface area contributed by atoms with Gasteiger partial charge in [-0.05, 0) is 32.1 Å². The molecule has 0 bridgehead atoms. The van der Waals surface area contributed by atoms with Gasteiger partial charge in [-0.25, -0.2) is 0 Å². The molecule has 0 aliphatic heterocycles. The maximum Gasteiger partial charge on any atom is 0.0258 e. The van der Waals surface area contributed by atoms with Gasteiger partial charge >= 0.3 is 0 Å². The molecule has 0 atom stereocenters. The minimum absolute atomic E-state index is 0.768. The monoisotopic (exact) mass is 200 g/mol. The third kappa shape index (κ3) is 4.17. The second-order valence-electron chi connectivity index (χ2n) is 4.11. The maximum atomic E-state index is 5.67. The van der Waals surface area contributed by atoms with Gasteiger partial charge < -0.3 is 0 Å². The molecule has 0 amide bonds. The molecule has 0 aromatic carbocycles. The summed E-state index contributed by atoms with van der Waals surface area (Å²) in [4.78, 5) is 0. The zero-order valence-corrected chi connectivity index (χ0v) is 9.45. The van der Waals surface area contributed by atoms with Gasteiger partial charge in [-0.1, -0.05) is 37.3 Å². The first-order valence-corrected chi connectivity index (χ1v) is 6.10. The highest BCUT2D eigenvalue weighted by atomic mass is 35.5. The molecular weight excluding hydrogens is 180 g/mol. The first-order valence-electron chi connectivity index (χ1n) is 5.57. The van der Waals surface area contributed by atoms with E-state index in [0.29, 0.717) is 0 Å². The second kappa shape index (κ2) is 6.48. The van der Waals surface area contributed by atoms with Crippen LogP contribution < -0.4 is 0 Å². The van der Waals surface area contributed by atoms with Gasteiger partial charge in [0.25, 0.3) is 0 Å². The molecule has 0 spiro atoms. The Kier molecular flexibility index (Phi) is 5.54. The molecular formula is C12H21Cl. The van der Waals surface area contributed by atoms with Crippen molar-refractivity contribution in [1.29, 1.82) is 0 Å². The molecule has 0 nitrogen and oxygen atoms in total. The van der Waals surface area contributed by atoms with Crippen LogP contribution in [-0.4, -0.2) is 5.88 Å². The summed E-state index contributed by atoms with van der Waals surface area (Å²) in [5, 5.41) is 0. The van der Waals surface area contributed by atoms with E-state index < -0.39 is 0 Å². The van der Waals surface area contributed by atoms with Crippen LogP contribution in [-0.2, 0) is 0 Å². The van der Waals surface area contributed by atoms with Crippen molar-refractivity contribution < 1.29 is 0 Å². The van der Waals surface area contributed by atoms with E-state index in [0.717, 1.165) is 18.2 Å². The van der Waals surface area contributed by atoms with Gasteiger partial charge in [-0.2, -0.15) is 0 Å². The van der Waals surface area contributed by atoms with Gasteiger partial charge in [0.05, 0.1) is 0 Å². The van der Waals surface area contributed by atoms with Crippen LogP contribution in [0.25, 0.3) is 0 Å². The van der Waals surface area contributed by atoms with Gasteiger partial charge in [0.15, 0.2) is 0 Å². The second-order valence-corrected chi connectivity index (χ2v) is 4.49. The lowest BCUT2D eigenvalue weighted by atomic mass is 9.92. The highest BCUT2D eigenvalue weighted by Gasteiger charge is 2.12. The van der Waals surface area contributed by atoms with Crippen molar-refractivity contribution >= 4 is 11.6 Å². The third-order valence-corrected chi connectivity index (χ3v) is 3.29. The number of alkyl halides is 1. The first-order chi connectivity index (χ1) is 6.34. The predicted octanol–water partition coefficient (Wildman–Crippen LogP) is 4.53. The summed E-state index contributed by atoms with van der Waals surface area (Å²) in [5.41, 5.74) is 1.59. The largest absolute Gasteiger partial charge is 0.126 e. The van der Waals surface area contributed by atoms with Crippen LogP contribution in [0, 0.1) is 5.92 Å². The molecule has 1 fully saturated rings. The molecule has 0 saturated heterocycles. The average Bonchev–Trinajstić information content (AvgIpc) is 2.42. The Balaban J connectivity index is 2.38. The van der Waals surface area contributed by atoms with Crippen molar-refractivity contribution in [2.75, 3.05) is 5.88 Å². The number of hydrogen-bond donors (Lipinski definition) is 0. The Morgan fingerprint density at radius 3 is 2.38 bits per heavy atom. The highest BCUT2D eigenvalue weighted by molar-refractivity contribution is 6.17. The van der Waals surface area contributed by atoms with E-state index >= 15 is 0 Å². The van der Waals surface area contributed by atoms with Gasteiger partial charge in [-0.15, -0.1) is 11.6 Å². The van der Waals surface area contributed by atoms with E-state index in [1.807, 2.05) is 0 Å². The molecule has 0 N–H and O–H groups in total. The van der Waals surface area contributed by atoms with Crippen LogP contribution in [0.3, 0.4) is 0 Å². The fraction of sp³-hybridized carbons (Fsp3) is 0.833. The molecule has 0 aromatic heterocycles. The number of allylic oxidation sites excluding steroid dienone is 2. The quantitative estimate of drug-likeness (QED) is 0.357. The molecule has 1 rings (SSSR count). The van der Waals surface area contributed by atoms with E-state index in [4.69, 9.17) is 11.6 Å². The van der Waals surface area contributed by atoms with Crippen molar-refractivity contribution in [3.05, 3.63) is 11.6 Å². The van der Waals surface area contributed by atoms with Crippen LogP contribution in [0.5, 0.6) is 0 Å². The summed E-state index contributed by atoms with van der Waals surface area (Å²) < 4.78 is 0. The fourth-order valence-electron chi connectivity index (χ4n) is 2.18. The van der Waals surface area contributed by atoms with E-state index in [1.54, 1.807) is 5.57 Å². The van der Waals surface area contributed by atoms with Crippen LogP contribution in [0.1, 0.15) is 51.9 Å². The molecule has 13 heavy (non-hydrogen) atoms. The number of hydrogen-bond acceptors (Lipinski definition) is 0. The fourth-order valence-corrected chi connectivity index (χ4v) is 2.29. The van der Waals surface area contributed by atoms with E-state index in [2.05, 4.69) is 13.0 Å². The molecule has 76 valence electrons. The van der Waals surface area contributed by atoms with Crippen molar-refractivity contribution in [1.82, 2.24) is 0 Å². The van der Waals surface area contributed by atoms with E-state index in [9.17, 15) is 0 Å². The lowest BCUT2D eigenvalue weighted by Gasteiger charge is -2.14. The Hall–Kier alpha value is 0.0300. The van der Waals surface area contributed by atoms with Gasteiger partial charge in [0.2, 0.25) is 0 Å². The predicted molar refractivity (Wildman–Crippen MR) is 60.3 cm³/mol. The summed E-state index contributed by atoms with van der Waals surface area (Å²) in [6.07, 6.45) is 11.9. The molecule has 1 aliphatic carbocycles. The summed E-state index contributed by atoms with van der Waals surface area (Å²) in [6.45, 7) is 2.28. The maximum absolute atomic E-state index is 5.67. The highest BCUT2D eigenvalue weighted by Crippen LogP contribution is 2.28. The van der Waals surface area contributed by atoms with Crippen LogP contribution >= 0.6 is 11.6 Å². The van der Waals surface area contributed by atoms with Gasteiger partial charge in [0, 0.05) is 5.88 Å². The summed E-state index contributed by atoms with van der Waals surface area (Å²) in [5.74, 6) is 1.63. The van der Waals surface area contributed by atoms with Crippen molar-refractivity contribution in [2.24, 2.45) is 5.92 Å². The topological polar surface area (TPSA) is 0 Å². The van der Waals surface area contributed by atoms with Crippen molar-refractivity contribution in [3.8, 4) is 0 Å². The number of halogens is 1. The van der Waals surface area contributed by atoms with Gasteiger partial charge in [0.1, 0.15) is 0 Å². The molecule has 0 unspecified atom stereocenters. The molecule has 0 aromatic rings. The average molecular weight is 201 g/mol. The smallest absolute Gasteiger partial charge is 0.0258 e. The van der Waals surface area contributed by atoms with E-state index in [1.165, 1.54) is 38.5 Å². The molecule has 1 heteroatoms. The minimum Gasteiger partial charge on any atom is -0.126 e. The van der Waals surface area contributed by atoms with Crippen LogP contribution in [0.2, 0.25) is 0 Å². The lowest BCUT2D eigenvalue weighted by molar-refractivity contribution is 0.528. The van der Waals surface area contributed by atoms with Crippen molar-refractivity contribution in [3.63, 3.8) is 0 Å². The Bertz CT molecular complexity index is 153.